The van der Waals surface area contributed by atoms with Crippen LogP contribution in [0.5, 0.6) is 0 Å². The van der Waals surface area contributed by atoms with Crippen LogP contribution in [0.3, 0.4) is 0 Å². The first-order valence-electron chi connectivity index (χ1n) is 4.82. The Kier molecular flexibility index (Phi) is 2.26. The van der Waals surface area contributed by atoms with Gasteiger partial charge < -0.3 is 10.3 Å². The monoisotopic (exact) mass is 231 g/mol. The van der Waals surface area contributed by atoms with Gasteiger partial charge in [-0.05, 0) is 6.07 Å². The summed E-state index contributed by atoms with van der Waals surface area (Å²) in [7, 11) is 0. The maximum Gasteiger partial charge on any atom is 0.142 e. The summed E-state index contributed by atoms with van der Waals surface area (Å²) in [5.74, 6) is 0.833. The van der Waals surface area contributed by atoms with E-state index >= 15 is 0 Å². The molecule has 0 aliphatic carbocycles. The molecule has 0 spiro atoms. The predicted molar refractivity (Wildman–Crippen MR) is 63.3 cm³/mol. The molecule has 3 rings (SSSR count). The minimum Gasteiger partial charge on any atom is -0.364 e. The molecule has 0 saturated heterocycles. The number of rotatable bonds is 3. The molecule has 0 bridgehead atoms. The lowest BCUT2D eigenvalue weighted by Gasteiger charge is -2.03. The molecule has 0 unspecified atom stereocenters. The molecule has 0 atom stereocenters. The quantitative estimate of drug-likeness (QED) is 0.723. The summed E-state index contributed by atoms with van der Waals surface area (Å²) in [5, 5.41) is 6.26. The number of aromatic amines is 1. The van der Waals surface area contributed by atoms with Crippen molar-refractivity contribution < 1.29 is 0 Å². The molecule has 6 heteroatoms. The van der Waals surface area contributed by atoms with Gasteiger partial charge in [0.25, 0.3) is 0 Å². The van der Waals surface area contributed by atoms with Gasteiger partial charge in [-0.3, -0.25) is 0 Å². The number of anilines is 1. The molecule has 16 heavy (non-hydrogen) atoms. The molecule has 0 fully saturated rings. The van der Waals surface area contributed by atoms with Crippen LogP contribution in [-0.2, 0) is 6.54 Å². The van der Waals surface area contributed by atoms with E-state index in [0.29, 0.717) is 6.54 Å². The fourth-order valence-corrected chi connectivity index (χ4v) is 2.07. The number of fused-ring (bicyclic) bond motifs is 1. The largest absolute Gasteiger partial charge is 0.364 e. The Morgan fingerprint density at radius 2 is 2.31 bits per heavy atom. The highest BCUT2D eigenvalue weighted by Gasteiger charge is 2.03. The van der Waals surface area contributed by atoms with Crippen molar-refractivity contribution >= 4 is 28.2 Å². The first-order chi connectivity index (χ1) is 7.93. The molecule has 5 nitrogen and oxygen atoms in total. The minimum absolute atomic E-state index is 0.681. The molecular formula is C10H9N5S. The van der Waals surface area contributed by atoms with Crippen LogP contribution in [0.25, 0.3) is 11.0 Å². The maximum absolute atomic E-state index is 4.21. The van der Waals surface area contributed by atoms with Gasteiger partial charge in [0, 0.05) is 11.6 Å². The second kappa shape index (κ2) is 3.90. The van der Waals surface area contributed by atoms with Gasteiger partial charge in [-0.1, -0.05) is 0 Å². The molecule has 3 aromatic heterocycles. The number of hydrogen-bond donors (Lipinski definition) is 2. The number of aromatic nitrogens is 4. The number of nitrogens with one attached hydrogen (secondary N) is 2. The van der Waals surface area contributed by atoms with Crippen LogP contribution in [-0.4, -0.2) is 19.9 Å². The van der Waals surface area contributed by atoms with Crippen LogP contribution in [0.4, 0.5) is 5.82 Å². The Bertz CT molecular complexity index is 586. The lowest BCUT2D eigenvalue weighted by atomic mass is 10.3. The summed E-state index contributed by atoms with van der Waals surface area (Å²) >= 11 is 1.59. The summed E-state index contributed by atoms with van der Waals surface area (Å²) in [6, 6.07) is 1.96. The van der Waals surface area contributed by atoms with Gasteiger partial charge >= 0.3 is 0 Å². The topological polar surface area (TPSA) is 66.5 Å². The van der Waals surface area contributed by atoms with Crippen molar-refractivity contribution in [3.05, 3.63) is 35.2 Å². The maximum atomic E-state index is 4.21. The summed E-state index contributed by atoms with van der Waals surface area (Å²) in [4.78, 5) is 15.6. The summed E-state index contributed by atoms with van der Waals surface area (Å²) in [6.07, 6.45) is 3.40. The third kappa shape index (κ3) is 1.63. The van der Waals surface area contributed by atoms with E-state index in [0.717, 1.165) is 22.5 Å². The smallest absolute Gasteiger partial charge is 0.142 e. The standard InChI is InChI=1S/C10H9N5S/c1-2-11-9-8(1)10(14-5-13-9)12-3-7-4-16-6-15-7/h1-2,4-6H,3H2,(H2,11,12,13,14). The second-order valence-electron chi connectivity index (χ2n) is 3.30. The van der Waals surface area contributed by atoms with E-state index in [1.54, 1.807) is 17.7 Å². The fourth-order valence-electron chi connectivity index (χ4n) is 1.51. The van der Waals surface area contributed by atoms with Gasteiger partial charge in [-0.15, -0.1) is 11.3 Å². The third-order valence-corrected chi connectivity index (χ3v) is 2.91. The first kappa shape index (κ1) is 9.29. The van der Waals surface area contributed by atoms with Crippen LogP contribution in [0.2, 0.25) is 0 Å². The third-order valence-electron chi connectivity index (χ3n) is 2.27. The van der Waals surface area contributed by atoms with E-state index in [9.17, 15) is 0 Å². The molecule has 80 valence electrons. The van der Waals surface area contributed by atoms with Gasteiger partial charge in [0.15, 0.2) is 0 Å². The first-order valence-corrected chi connectivity index (χ1v) is 5.77. The van der Waals surface area contributed by atoms with Crippen LogP contribution in [0.1, 0.15) is 5.69 Å². The summed E-state index contributed by atoms with van der Waals surface area (Å²) < 4.78 is 0. The highest BCUT2D eigenvalue weighted by atomic mass is 32.1. The van der Waals surface area contributed by atoms with Gasteiger partial charge in [0.1, 0.15) is 17.8 Å². The number of hydrogen-bond acceptors (Lipinski definition) is 5. The molecule has 0 radical (unpaired) electrons. The SMILES string of the molecule is c1nc(NCc2cscn2)c2cc[nH]c2n1. The Labute approximate surface area is 95.6 Å². The lowest BCUT2D eigenvalue weighted by Crippen LogP contribution is -2.02. The Hall–Kier alpha value is -1.95. The zero-order valence-corrected chi connectivity index (χ0v) is 9.16. The van der Waals surface area contributed by atoms with Crippen molar-refractivity contribution in [3.63, 3.8) is 0 Å². The molecule has 0 aromatic carbocycles. The second-order valence-corrected chi connectivity index (χ2v) is 4.01. The van der Waals surface area contributed by atoms with Gasteiger partial charge in [0.05, 0.1) is 23.1 Å². The average Bonchev–Trinajstić information content (AvgIpc) is 2.97. The molecule has 0 aliphatic rings. The van der Waals surface area contributed by atoms with Crippen molar-refractivity contribution in [1.82, 2.24) is 19.9 Å². The fraction of sp³-hybridized carbons (Fsp3) is 0.100. The zero-order chi connectivity index (χ0) is 10.8. The average molecular weight is 231 g/mol. The van der Waals surface area contributed by atoms with E-state index in [2.05, 4.69) is 25.3 Å². The van der Waals surface area contributed by atoms with Crippen molar-refractivity contribution in [2.24, 2.45) is 0 Å². The normalized spacial score (nSPS) is 10.8. The van der Waals surface area contributed by atoms with Crippen molar-refractivity contribution in [2.75, 3.05) is 5.32 Å². The number of H-pyrrole nitrogens is 1. The molecule has 3 heterocycles. The Balaban J connectivity index is 1.86. The van der Waals surface area contributed by atoms with E-state index in [1.165, 1.54) is 0 Å². The Morgan fingerprint density at radius 3 is 3.19 bits per heavy atom. The van der Waals surface area contributed by atoms with Crippen LogP contribution in [0, 0.1) is 0 Å². The number of nitrogens with zero attached hydrogens (tertiary/aromatic N) is 3. The van der Waals surface area contributed by atoms with E-state index < -0.39 is 0 Å². The molecule has 0 amide bonds. The zero-order valence-electron chi connectivity index (χ0n) is 8.34. The van der Waals surface area contributed by atoms with E-state index in [4.69, 9.17) is 0 Å². The van der Waals surface area contributed by atoms with Crippen molar-refractivity contribution in [1.29, 1.82) is 0 Å². The molecule has 2 N–H and O–H groups in total. The van der Waals surface area contributed by atoms with Crippen LogP contribution >= 0.6 is 11.3 Å². The minimum atomic E-state index is 0.681. The molecule has 0 aliphatic heterocycles. The summed E-state index contributed by atoms with van der Waals surface area (Å²) in [6.45, 7) is 0.681. The van der Waals surface area contributed by atoms with Crippen molar-refractivity contribution in [2.45, 2.75) is 6.54 Å². The predicted octanol–water partition coefficient (Wildman–Crippen LogP) is 2.03. The molecule has 3 aromatic rings. The lowest BCUT2D eigenvalue weighted by molar-refractivity contribution is 1.05. The highest BCUT2D eigenvalue weighted by Crippen LogP contribution is 2.17. The Morgan fingerprint density at radius 1 is 1.31 bits per heavy atom. The summed E-state index contributed by atoms with van der Waals surface area (Å²) in [5.41, 5.74) is 3.69. The van der Waals surface area contributed by atoms with Gasteiger partial charge in [0.2, 0.25) is 0 Å². The molecule has 0 saturated carbocycles. The van der Waals surface area contributed by atoms with Gasteiger partial charge in [-0.2, -0.15) is 0 Å². The van der Waals surface area contributed by atoms with Crippen LogP contribution < -0.4 is 5.32 Å². The van der Waals surface area contributed by atoms with E-state index in [1.807, 2.05) is 23.2 Å². The van der Waals surface area contributed by atoms with E-state index in [-0.39, 0.29) is 0 Å². The molecular weight excluding hydrogens is 222 g/mol. The van der Waals surface area contributed by atoms with Crippen molar-refractivity contribution in [3.8, 4) is 0 Å². The highest BCUT2D eigenvalue weighted by molar-refractivity contribution is 7.07. The van der Waals surface area contributed by atoms with Gasteiger partial charge in [-0.25, -0.2) is 15.0 Å². The van der Waals surface area contributed by atoms with Crippen LogP contribution in [0.15, 0.2) is 29.5 Å². The number of thiazole rings is 1.